The number of carboxylic acid groups (broad SMARTS) is 1. The van der Waals surface area contributed by atoms with Gasteiger partial charge in [0.1, 0.15) is 5.75 Å². The highest BCUT2D eigenvalue weighted by atomic mass is 16.5. The van der Waals surface area contributed by atoms with Crippen LogP contribution in [0, 0.1) is 0 Å². The van der Waals surface area contributed by atoms with Gasteiger partial charge in [0, 0.05) is 0 Å². The first-order chi connectivity index (χ1) is 11.0. The highest BCUT2D eigenvalue weighted by Crippen LogP contribution is 2.29. The van der Waals surface area contributed by atoms with Crippen molar-refractivity contribution in [1.82, 2.24) is 0 Å². The lowest BCUT2D eigenvalue weighted by Gasteiger charge is -2.15. The lowest BCUT2D eigenvalue weighted by atomic mass is 10.1. The Morgan fingerprint density at radius 1 is 1.00 bits per heavy atom. The number of aliphatic carboxylic acids is 1. The maximum absolute atomic E-state index is 12.4. The second kappa shape index (κ2) is 5.57. The molecule has 0 bridgehead atoms. The quantitative estimate of drug-likeness (QED) is 0.876. The van der Waals surface area contributed by atoms with Gasteiger partial charge in [-0.25, -0.2) is 9.69 Å². The second-order valence-corrected chi connectivity index (χ2v) is 5.08. The molecule has 0 fully saturated rings. The molecule has 1 aliphatic heterocycles. The molecule has 1 heterocycles. The van der Waals surface area contributed by atoms with Gasteiger partial charge in [0.25, 0.3) is 11.8 Å². The second-order valence-electron chi connectivity index (χ2n) is 5.08. The summed E-state index contributed by atoms with van der Waals surface area (Å²) in [4.78, 5) is 36.6. The molecule has 1 N–H and O–H groups in total. The number of fused-ring (bicyclic) bond motifs is 1. The minimum atomic E-state index is -1.07. The van der Waals surface area contributed by atoms with Crippen molar-refractivity contribution in [1.29, 1.82) is 0 Å². The van der Waals surface area contributed by atoms with Crippen molar-refractivity contribution in [2.45, 2.75) is 13.0 Å². The molecule has 116 valence electrons. The molecule has 0 radical (unpaired) electrons. The Hall–Kier alpha value is -3.15. The number of carbonyl (C=O) groups excluding carboxylic acids is 2. The van der Waals surface area contributed by atoms with Crippen LogP contribution in [0.1, 0.15) is 27.6 Å². The lowest BCUT2D eigenvalue weighted by molar-refractivity contribution is -0.144. The molecule has 1 unspecified atom stereocenters. The number of nitrogens with zero attached hydrogens (tertiary/aromatic N) is 1. The Labute approximate surface area is 131 Å². The molecule has 2 aromatic carbocycles. The molecule has 0 aliphatic carbocycles. The van der Waals surface area contributed by atoms with Crippen LogP contribution in [0.25, 0.3) is 0 Å². The minimum absolute atomic E-state index is 0.347. The van der Waals surface area contributed by atoms with Gasteiger partial charge in [0.05, 0.1) is 16.8 Å². The number of carbonyl (C=O) groups is 3. The standard InChI is InChI=1S/C17H13NO5/c1-10(17(21)22)23-12-8-6-11(7-9-12)18-15(19)13-4-2-3-5-14(13)16(18)20/h2-10H,1H3,(H,21,22). The number of carboxylic acids is 1. The highest BCUT2D eigenvalue weighted by molar-refractivity contribution is 6.34. The van der Waals surface area contributed by atoms with Crippen molar-refractivity contribution in [3.8, 4) is 5.75 Å². The summed E-state index contributed by atoms with van der Waals surface area (Å²) in [6.45, 7) is 1.42. The van der Waals surface area contributed by atoms with Gasteiger partial charge in [-0.15, -0.1) is 0 Å². The topological polar surface area (TPSA) is 83.9 Å². The van der Waals surface area contributed by atoms with E-state index in [-0.39, 0.29) is 11.8 Å². The fourth-order valence-corrected chi connectivity index (χ4v) is 2.35. The van der Waals surface area contributed by atoms with E-state index in [0.717, 1.165) is 4.90 Å². The molecule has 2 amide bonds. The summed E-state index contributed by atoms with van der Waals surface area (Å²) in [7, 11) is 0. The summed E-state index contributed by atoms with van der Waals surface area (Å²) in [6.07, 6.45) is -0.986. The van der Waals surface area contributed by atoms with Crippen LogP contribution in [-0.2, 0) is 4.79 Å². The molecular weight excluding hydrogens is 298 g/mol. The molecule has 0 saturated carbocycles. The van der Waals surface area contributed by atoms with E-state index in [1.165, 1.54) is 19.1 Å². The van der Waals surface area contributed by atoms with Gasteiger partial charge in [-0.1, -0.05) is 12.1 Å². The van der Waals surface area contributed by atoms with Gasteiger partial charge in [0.2, 0.25) is 0 Å². The van der Waals surface area contributed by atoms with Crippen LogP contribution in [0.3, 0.4) is 0 Å². The smallest absolute Gasteiger partial charge is 0.344 e. The number of hydrogen-bond donors (Lipinski definition) is 1. The molecule has 3 rings (SSSR count). The zero-order valence-corrected chi connectivity index (χ0v) is 12.2. The Morgan fingerprint density at radius 3 is 2.00 bits per heavy atom. The van der Waals surface area contributed by atoms with E-state index in [0.29, 0.717) is 22.6 Å². The summed E-state index contributed by atoms with van der Waals surface area (Å²) < 4.78 is 5.22. The highest BCUT2D eigenvalue weighted by Gasteiger charge is 2.36. The lowest BCUT2D eigenvalue weighted by Crippen LogP contribution is -2.29. The summed E-state index contributed by atoms with van der Waals surface area (Å²) in [5.41, 5.74) is 1.15. The van der Waals surface area contributed by atoms with E-state index in [9.17, 15) is 14.4 Å². The molecule has 6 nitrogen and oxygen atoms in total. The van der Waals surface area contributed by atoms with Crippen LogP contribution < -0.4 is 9.64 Å². The van der Waals surface area contributed by atoms with E-state index in [4.69, 9.17) is 9.84 Å². The summed E-state index contributed by atoms with van der Waals surface area (Å²) >= 11 is 0. The van der Waals surface area contributed by atoms with Gasteiger partial charge < -0.3 is 9.84 Å². The van der Waals surface area contributed by atoms with Crippen molar-refractivity contribution < 1.29 is 24.2 Å². The van der Waals surface area contributed by atoms with E-state index < -0.39 is 12.1 Å². The molecule has 1 aliphatic rings. The van der Waals surface area contributed by atoms with Crippen molar-refractivity contribution in [2.24, 2.45) is 0 Å². The fraction of sp³-hybridized carbons (Fsp3) is 0.118. The van der Waals surface area contributed by atoms with Crippen molar-refractivity contribution in [3.63, 3.8) is 0 Å². The number of hydrogen-bond acceptors (Lipinski definition) is 4. The van der Waals surface area contributed by atoms with Crippen LogP contribution in [-0.4, -0.2) is 29.0 Å². The summed E-state index contributed by atoms with van der Waals surface area (Å²) in [5, 5.41) is 8.82. The molecule has 23 heavy (non-hydrogen) atoms. The fourth-order valence-electron chi connectivity index (χ4n) is 2.35. The van der Waals surface area contributed by atoms with Gasteiger partial charge in [0.15, 0.2) is 6.10 Å². The SMILES string of the molecule is CC(Oc1ccc(N2C(=O)c3ccccc3C2=O)cc1)C(=O)O. The Bertz CT molecular complexity index is 762. The molecule has 2 aromatic rings. The van der Waals surface area contributed by atoms with Gasteiger partial charge in [-0.05, 0) is 43.3 Å². The third-order valence-corrected chi connectivity index (χ3v) is 3.55. The molecule has 0 saturated heterocycles. The number of anilines is 1. The van der Waals surface area contributed by atoms with Crippen LogP contribution >= 0.6 is 0 Å². The monoisotopic (exact) mass is 311 g/mol. The van der Waals surface area contributed by atoms with Crippen LogP contribution in [0.4, 0.5) is 5.69 Å². The zero-order chi connectivity index (χ0) is 16.6. The van der Waals surface area contributed by atoms with Gasteiger partial charge in [-0.2, -0.15) is 0 Å². The summed E-state index contributed by atoms with van der Waals surface area (Å²) in [5.74, 6) is -1.48. The number of imide groups is 1. The first-order valence-corrected chi connectivity index (χ1v) is 6.96. The Morgan fingerprint density at radius 2 is 1.52 bits per heavy atom. The predicted molar refractivity (Wildman–Crippen MR) is 81.7 cm³/mol. The van der Waals surface area contributed by atoms with E-state index in [1.54, 1.807) is 36.4 Å². The van der Waals surface area contributed by atoms with E-state index in [2.05, 4.69) is 0 Å². The molecule has 6 heteroatoms. The zero-order valence-electron chi connectivity index (χ0n) is 12.2. The van der Waals surface area contributed by atoms with Crippen molar-refractivity contribution >= 4 is 23.5 Å². The van der Waals surface area contributed by atoms with Crippen molar-refractivity contribution in [2.75, 3.05) is 4.90 Å². The van der Waals surface area contributed by atoms with Crippen molar-refractivity contribution in [3.05, 3.63) is 59.7 Å². The largest absolute Gasteiger partial charge is 0.479 e. The average molecular weight is 311 g/mol. The molecule has 1 atom stereocenters. The maximum atomic E-state index is 12.4. The number of ether oxygens (including phenoxy) is 1. The third-order valence-electron chi connectivity index (χ3n) is 3.55. The van der Waals surface area contributed by atoms with Gasteiger partial charge >= 0.3 is 5.97 Å². The normalized spacial score (nSPS) is 14.6. The van der Waals surface area contributed by atoms with Crippen LogP contribution in [0.2, 0.25) is 0 Å². The number of benzene rings is 2. The maximum Gasteiger partial charge on any atom is 0.344 e. The number of rotatable bonds is 4. The van der Waals surface area contributed by atoms with Crippen LogP contribution in [0.15, 0.2) is 48.5 Å². The molecule has 0 spiro atoms. The van der Waals surface area contributed by atoms with E-state index >= 15 is 0 Å². The molecule has 0 aromatic heterocycles. The first kappa shape index (κ1) is 14.8. The van der Waals surface area contributed by atoms with Crippen LogP contribution in [0.5, 0.6) is 5.75 Å². The molecular formula is C17H13NO5. The van der Waals surface area contributed by atoms with Gasteiger partial charge in [-0.3, -0.25) is 9.59 Å². The third kappa shape index (κ3) is 2.55. The minimum Gasteiger partial charge on any atom is -0.479 e. The average Bonchev–Trinajstić information content (AvgIpc) is 2.80. The Kier molecular flexibility index (Phi) is 3.57. The first-order valence-electron chi connectivity index (χ1n) is 6.96. The summed E-state index contributed by atoms with van der Waals surface area (Å²) in [6, 6.07) is 12.8. The van der Waals surface area contributed by atoms with E-state index in [1.807, 2.05) is 0 Å². The predicted octanol–water partition coefficient (Wildman–Crippen LogP) is 2.34. The Balaban J connectivity index is 1.85. The number of amides is 2.